The number of ether oxygens (including phenoxy) is 5. The summed E-state index contributed by atoms with van der Waals surface area (Å²) in [6.07, 6.45) is 46.7. The summed E-state index contributed by atoms with van der Waals surface area (Å²) < 4.78 is 32.7. The smallest absolute Gasteiger partial charge is 0.312 e. The van der Waals surface area contributed by atoms with Crippen LogP contribution in [0, 0.1) is 227 Å². The molecule has 20 aliphatic carbocycles. The molecule has 36 atom stereocenters. The van der Waals surface area contributed by atoms with Gasteiger partial charge in [0.1, 0.15) is 28.0 Å². The van der Waals surface area contributed by atoms with Crippen molar-refractivity contribution in [1.82, 2.24) is 0 Å². The number of esters is 5. The zero-order valence-electron chi connectivity index (χ0n) is 83.2. The Kier molecular flexibility index (Phi) is 25.0. The van der Waals surface area contributed by atoms with Gasteiger partial charge in [-0.1, -0.05) is 117 Å². The third-order valence-electron chi connectivity index (χ3n) is 45.3. The summed E-state index contributed by atoms with van der Waals surface area (Å²) in [5.74, 6) is 27.4. The van der Waals surface area contributed by atoms with Crippen LogP contribution in [0.15, 0.2) is 0 Å². The van der Waals surface area contributed by atoms with Crippen molar-refractivity contribution in [3.05, 3.63) is 0 Å². The SMILES string of the molecule is CCC(C)(C)C(=O)OC1(C(C)(C)C)CC2CC1C1C3CCC(C3)C21.CCC(C)(C)C(=O)OC1(C(C)C)CC2CC1C1C3CCC(C3)C21.CCC(C)(C)C(=O)OC1(C(CC)(CC)CC)CC2CC1C1C3CCC(C3)C21.CCC(C)C1(OC(=O)C(C)(C)CC)CC2CC1C1C3CCC(C3)C21.CCCCC1(OC(=O)C(C)(C)CC)CC2CC1C1C3CCC(C3)C21. The molecular formula is C112H184O10. The maximum absolute atomic E-state index is 13.4. The highest BCUT2D eigenvalue weighted by Crippen LogP contribution is 2.79. The number of hydrogen-bond acceptors (Lipinski definition) is 10. The lowest BCUT2D eigenvalue weighted by Gasteiger charge is -2.56. The fourth-order valence-electron chi connectivity index (χ4n) is 36.9. The average Bonchev–Trinajstić information content (AvgIpc) is 1.52. The Hall–Kier alpha value is -2.65. The first-order chi connectivity index (χ1) is 57.4. The van der Waals surface area contributed by atoms with E-state index in [0.29, 0.717) is 41.4 Å². The number of carbonyl (C=O) groups excluding carboxylic acids is 5. The minimum Gasteiger partial charge on any atom is -0.458 e. The van der Waals surface area contributed by atoms with E-state index < -0.39 is 0 Å². The predicted molar refractivity (Wildman–Crippen MR) is 491 cm³/mol. The molecule has 0 saturated heterocycles. The second-order valence-electron chi connectivity index (χ2n) is 52.5. The van der Waals surface area contributed by atoms with Crippen LogP contribution in [0.4, 0.5) is 0 Å². The number of rotatable bonds is 25. The van der Waals surface area contributed by atoms with Crippen LogP contribution in [-0.2, 0) is 47.7 Å². The van der Waals surface area contributed by atoms with E-state index in [4.69, 9.17) is 23.7 Å². The van der Waals surface area contributed by atoms with Gasteiger partial charge in [0.2, 0.25) is 0 Å². The lowest BCUT2D eigenvalue weighted by Crippen LogP contribution is -2.59. The van der Waals surface area contributed by atoms with E-state index in [2.05, 4.69) is 138 Å². The van der Waals surface area contributed by atoms with E-state index in [9.17, 15) is 24.0 Å². The van der Waals surface area contributed by atoms with Crippen molar-refractivity contribution in [2.24, 2.45) is 227 Å². The fourth-order valence-corrected chi connectivity index (χ4v) is 36.9. The molecule has 0 aromatic rings. The van der Waals surface area contributed by atoms with Gasteiger partial charge in [-0.3, -0.25) is 24.0 Å². The summed E-state index contributed by atoms with van der Waals surface area (Å²) in [5.41, 5.74) is -2.47. The van der Waals surface area contributed by atoms with Crippen LogP contribution in [0.2, 0.25) is 0 Å². The average molecular weight is 1690 g/mol. The van der Waals surface area contributed by atoms with Gasteiger partial charge in [-0.25, -0.2) is 0 Å². The summed E-state index contributed by atoms with van der Waals surface area (Å²) in [7, 11) is 0. The highest BCUT2D eigenvalue weighted by Gasteiger charge is 2.77. The first kappa shape index (κ1) is 92.6. The van der Waals surface area contributed by atoms with Gasteiger partial charge in [0, 0.05) is 40.4 Å². The normalized spacial score (nSPS) is 45.7. The zero-order valence-corrected chi connectivity index (χ0v) is 83.2. The number of hydrogen-bond donors (Lipinski definition) is 0. The van der Waals surface area contributed by atoms with Crippen molar-refractivity contribution in [1.29, 1.82) is 0 Å². The molecule has 122 heavy (non-hydrogen) atoms. The molecule has 10 nitrogen and oxygen atoms in total. The van der Waals surface area contributed by atoms with Gasteiger partial charge in [0.15, 0.2) is 0 Å². The highest BCUT2D eigenvalue weighted by atomic mass is 16.6. The van der Waals surface area contributed by atoms with Crippen LogP contribution in [0.3, 0.4) is 0 Å². The van der Waals surface area contributed by atoms with E-state index in [1.165, 1.54) is 148 Å². The van der Waals surface area contributed by atoms with Crippen molar-refractivity contribution < 1.29 is 47.7 Å². The molecule has 10 heteroatoms. The van der Waals surface area contributed by atoms with Crippen LogP contribution in [-0.4, -0.2) is 57.9 Å². The van der Waals surface area contributed by atoms with Crippen molar-refractivity contribution in [2.45, 2.75) is 446 Å². The molecule has 0 spiro atoms. The van der Waals surface area contributed by atoms with Crippen molar-refractivity contribution in [3.63, 3.8) is 0 Å². The Morgan fingerprint density at radius 2 is 0.557 bits per heavy atom. The number of unbranched alkanes of at least 4 members (excludes halogenated alkanes) is 1. The minimum absolute atomic E-state index is 0.0265. The third-order valence-corrected chi connectivity index (χ3v) is 45.3. The maximum atomic E-state index is 13.4. The molecule has 20 bridgehead atoms. The van der Waals surface area contributed by atoms with Gasteiger partial charge in [0.25, 0.3) is 0 Å². The topological polar surface area (TPSA) is 132 Å². The second kappa shape index (κ2) is 33.0. The van der Waals surface area contributed by atoms with Crippen LogP contribution in [0.1, 0.15) is 418 Å². The van der Waals surface area contributed by atoms with Gasteiger partial charge in [-0.2, -0.15) is 0 Å². The minimum atomic E-state index is -0.371. The van der Waals surface area contributed by atoms with E-state index >= 15 is 0 Å². The molecule has 20 fully saturated rings. The molecule has 20 aliphatic rings. The van der Waals surface area contributed by atoms with Gasteiger partial charge >= 0.3 is 29.8 Å². The van der Waals surface area contributed by atoms with Gasteiger partial charge in [-0.05, 0) is 460 Å². The number of carbonyl (C=O) groups is 5. The van der Waals surface area contributed by atoms with Crippen LogP contribution < -0.4 is 0 Å². The molecule has 0 aromatic carbocycles. The Bertz CT molecular complexity index is 3780. The molecule has 20 rings (SSSR count). The largest absolute Gasteiger partial charge is 0.458 e. The molecule has 20 saturated carbocycles. The molecule has 0 amide bonds. The third kappa shape index (κ3) is 14.3. The summed E-state index contributed by atoms with van der Waals surface area (Å²) in [5, 5.41) is 0. The first-order valence-corrected chi connectivity index (χ1v) is 53.6. The molecule has 0 aliphatic heterocycles. The van der Waals surface area contributed by atoms with Crippen molar-refractivity contribution in [2.75, 3.05) is 0 Å². The second-order valence-corrected chi connectivity index (χ2v) is 52.5. The van der Waals surface area contributed by atoms with Gasteiger partial charge in [0.05, 0.1) is 27.1 Å². The molecule has 692 valence electrons. The van der Waals surface area contributed by atoms with Gasteiger partial charge in [-0.15, -0.1) is 0 Å². The molecule has 0 aromatic heterocycles. The molecule has 36 unspecified atom stereocenters. The van der Waals surface area contributed by atoms with Crippen molar-refractivity contribution in [3.8, 4) is 0 Å². The van der Waals surface area contributed by atoms with Crippen LogP contribution >= 0.6 is 0 Å². The molecule has 0 N–H and O–H groups in total. The summed E-state index contributed by atoms with van der Waals surface area (Å²) in [6.45, 7) is 56.4. The zero-order chi connectivity index (χ0) is 88.1. The summed E-state index contributed by atoms with van der Waals surface area (Å²) in [4.78, 5) is 65.1. The lowest BCUT2D eigenvalue weighted by atomic mass is 9.54. The monoisotopic (exact) mass is 1690 g/mol. The Morgan fingerprint density at radius 3 is 0.902 bits per heavy atom. The Balaban J connectivity index is 0.000000113. The summed E-state index contributed by atoms with van der Waals surface area (Å²) >= 11 is 0. The number of fused-ring (bicyclic) bond motifs is 45. The van der Waals surface area contributed by atoms with Crippen LogP contribution in [0.25, 0.3) is 0 Å². The van der Waals surface area contributed by atoms with Gasteiger partial charge < -0.3 is 23.7 Å². The van der Waals surface area contributed by atoms with Crippen LogP contribution in [0.5, 0.6) is 0 Å². The Morgan fingerprint density at radius 1 is 0.287 bits per heavy atom. The first-order valence-electron chi connectivity index (χ1n) is 53.6. The summed E-state index contributed by atoms with van der Waals surface area (Å²) in [6, 6.07) is 0. The molecule has 0 radical (unpaired) electrons. The standard InChI is InChI=1S/C25H42O2.3C22H36O2.C21H34O2/c1-7-23(5,6)22(26)27-25(24(8-2,9-3)10-4)15-18-14-19(25)21-17-12-11-16(13-17)20(18)21;1-7-21(5,6)19(23)24-22(20(2,3)4)12-15-11-16(22)18-14-9-8-13(10-14)17(15)18;1-6-13(3)22(24-20(23)21(4,5)7-2)12-16-11-17(22)19-15-9-8-14(10-15)18(16)19;1-5-7-10-22(24-20(23)21(3,4)6-2)13-16-12-17(22)19-15-9-8-14(11-15)18(16)19;1-6-20(4,5)19(22)23-21(12(2)3)11-15-10-16(21)18-14-8-7-13(9-14)17(15)18/h16-21H,7-15H2,1-6H3;13-18H,7-12H2,1-6H3;13-19H,6-12H2,1-5H3;14-19H,5-13H2,1-4H3;12-18H,6-11H2,1-5H3. The lowest BCUT2D eigenvalue weighted by molar-refractivity contribution is -0.213. The van der Waals surface area contributed by atoms with E-state index in [0.717, 1.165) is 238 Å². The van der Waals surface area contributed by atoms with E-state index in [-0.39, 0.29) is 95.8 Å². The Labute approximate surface area is 746 Å². The van der Waals surface area contributed by atoms with E-state index in [1.807, 2.05) is 41.5 Å². The highest BCUT2D eigenvalue weighted by molar-refractivity contribution is 5.79. The fraction of sp³-hybridized carbons (Fsp3) is 0.955. The maximum Gasteiger partial charge on any atom is 0.312 e. The van der Waals surface area contributed by atoms with E-state index in [1.54, 1.807) is 0 Å². The predicted octanol–water partition coefficient (Wildman–Crippen LogP) is 28.2. The molecular weight excluding hydrogens is 1510 g/mol. The molecule has 0 heterocycles. The van der Waals surface area contributed by atoms with Crippen molar-refractivity contribution >= 4 is 29.8 Å². The quantitative estimate of drug-likeness (QED) is 0.0494.